The van der Waals surface area contributed by atoms with Gasteiger partial charge < -0.3 is 0 Å². The number of rotatable bonds is 2. The first-order valence-corrected chi connectivity index (χ1v) is 7.49. The zero-order valence-electron chi connectivity index (χ0n) is 12.3. The number of aryl methyl sites for hydroxylation is 1. The van der Waals surface area contributed by atoms with Crippen LogP contribution in [0.2, 0.25) is 5.02 Å². The maximum atomic E-state index is 5.97. The van der Waals surface area contributed by atoms with Gasteiger partial charge in [0.25, 0.3) is 5.78 Å². The molecule has 0 N–H and O–H groups in total. The van der Waals surface area contributed by atoms with Crippen molar-refractivity contribution in [3.05, 3.63) is 65.7 Å². The van der Waals surface area contributed by atoms with Gasteiger partial charge in [0, 0.05) is 28.5 Å². The summed E-state index contributed by atoms with van der Waals surface area (Å²) in [6.45, 7) is 1.85. The predicted molar refractivity (Wildman–Crippen MR) is 89.2 cm³/mol. The third-order valence-electron chi connectivity index (χ3n) is 3.53. The first-order valence-electron chi connectivity index (χ1n) is 7.11. The minimum absolute atomic E-state index is 0.571. The van der Waals surface area contributed by atoms with Crippen LogP contribution in [0.3, 0.4) is 0 Å². The highest BCUT2D eigenvalue weighted by atomic mass is 35.5. The summed E-state index contributed by atoms with van der Waals surface area (Å²) in [7, 11) is 0. The van der Waals surface area contributed by atoms with Crippen molar-refractivity contribution in [2.45, 2.75) is 6.92 Å². The van der Waals surface area contributed by atoms with Crippen LogP contribution in [0.4, 0.5) is 0 Å². The molecule has 0 aliphatic rings. The molecule has 112 valence electrons. The topological polar surface area (TPSA) is 56.0 Å². The molecule has 4 aromatic rings. The lowest BCUT2D eigenvalue weighted by molar-refractivity contribution is 0.924. The van der Waals surface area contributed by atoms with Crippen molar-refractivity contribution >= 4 is 17.4 Å². The number of hydrogen-bond donors (Lipinski definition) is 0. The summed E-state index contributed by atoms with van der Waals surface area (Å²) in [6, 6.07) is 13.5. The number of halogens is 1. The Morgan fingerprint density at radius 1 is 0.913 bits per heavy atom. The highest BCUT2D eigenvalue weighted by Gasteiger charge is 2.12. The lowest BCUT2D eigenvalue weighted by atomic mass is 10.1. The molecule has 0 atom stereocenters. The van der Waals surface area contributed by atoms with Gasteiger partial charge in [-0.2, -0.15) is 9.50 Å². The number of hydrogen-bond acceptors (Lipinski definition) is 4. The summed E-state index contributed by atoms with van der Waals surface area (Å²) in [6.07, 6.45) is 3.51. The SMILES string of the molecule is Cc1nc2nc(-c3ccc(Cl)cc3)cc(-c3ccncc3)n2n1. The Kier molecular flexibility index (Phi) is 3.28. The van der Waals surface area contributed by atoms with Gasteiger partial charge in [0.1, 0.15) is 5.82 Å². The third-order valence-corrected chi connectivity index (χ3v) is 3.79. The number of pyridine rings is 1. The molecule has 6 heteroatoms. The van der Waals surface area contributed by atoms with E-state index >= 15 is 0 Å². The quantitative estimate of drug-likeness (QED) is 0.563. The van der Waals surface area contributed by atoms with Crippen molar-refractivity contribution in [1.82, 2.24) is 24.6 Å². The van der Waals surface area contributed by atoms with E-state index in [4.69, 9.17) is 11.6 Å². The molecule has 0 fully saturated rings. The number of nitrogens with zero attached hydrogens (tertiary/aromatic N) is 5. The van der Waals surface area contributed by atoms with Gasteiger partial charge in [-0.05, 0) is 37.3 Å². The average molecular weight is 322 g/mol. The van der Waals surface area contributed by atoms with E-state index in [1.165, 1.54) is 0 Å². The summed E-state index contributed by atoms with van der Waals surface area (Å²) >= 11 is 5.97. The molecule has 4 rings (SSSR count). The van der Waals surface area contributed by atoms with Crippen LogP contribution < -0.4 is 0 Å². The largest absolute Gasteiger partial charge is 0.265 e. The van der Waals surface area contributed by atoms with Crippen LogP contribution in [0.5, 0.6) is 0 Å². The van der Waals surface area contributed by atoms with Crippen molar-refractivity contribution < 1.29 is 0 Å². The Hall–Kier alpha value is -2.79. The summed E-state index contributed by atoms with van der Waals surface area (Å²) in [4.78, 5) is 13.1. The van der Waals surface area contributed by atoms with E-state index in [1.54, 1.807) is 16.9 Å². The van der Waals surface area contributed by atoms with Gasteiger partial charge in [-0.3, -0.25) is 4.98 Å². The van der Waals surface area contributed by atoms with Crippen molar-refractivity contribution in [3.8, 4) is 22.5 Å². The van der Waals surface area contributed by atoms with Gasteiger partial charge in [0.15, 0.2) is 0 Å². The van der Waals surface area contributed by atoms with Gasteiger partial charge in [-0.25, -0.2) is 4.98 Å². The van der Waals surface area contributed by atoms with E-state index in [9.17, 15) is 0 Å². The normalized spacial score (nSPS) is 11.0. The monoisotopic (exact) mass is 321 g/mol. The van der Waals surface area contributed by atoms with Crippen molar-refractivity contribution in [2.75, 3.05) is 0 Å². The molecular formula is C17H12ClN5. The highest BCUT2D eigenvalue weighted by Crippen LogP contribution is 2.26. The van der Waals surface area contributed by atoms with Crippen LogP contribution in [0.15, 0.2) is 54.9 Å². The van der Waals surface area contributed by atoms with Gasteiger partial charge in [-0.15, -0.1) is 5.10 Å². The molecule has 3 heterocycles. The van der Waals surface area contributed by atoms with Gasteiger partial charge >= 0.3 is 0 Å². The Morgan fingerprint density at radius 2 is 1.65 bits per heavy atom. The van der Waals surface area contributed by atoms with E-state index in [0.29, 0.717) is 16.6 Å². The second kappa shape index (κ2) is 5.44. The first kappa shape index (κ1) is 13.8. The molecule has 23 heavy (non-hydrogen) atoms. The Labute approximate surface area is 137 Å². The first-order chi connectivity index (χ1) is 11.2. The van der Waals surface area contributed by atoms with Gasteiger partial charge in [-0.1, -0.05) is 23.7 Å². The van der Waals surface area contributed by atoms with Crippen LogP contribution in [-0.2, 0) is 0 Å². The van der Waals surface area contributed by atoms with Crippen LogP contribution in [0, 0.1) is 6.92 Å². The summed E-state index contributed by atoms with van der Waals surface area (Å²) in [5.74, 6) is 1.25. The fourth-order valence-electron chi connectivity index (χ4n) is 2.47. The number of fused-ring (bicyclic) bond motifs is 1. The van der Waals surface area contributed by atoms with Crippen LogP contribution in [-0.4, -0.2) is 24.6 Å². The Morgan fingerprint density at radius 3 is 2.39 bits per heavy atom. The zero-order chi connectivity index (χ0) is 15.8. The fourth-order valence-corrected chi connectivity index (χ4v) is 2.59. The van der Waals surface area contributed by atoms with Crippen molar-refractivity contribution in [2.24, 2.45) is 0 Å². The third kappa shape index (κ3) is 2.55. The summed E-state index contributed by atoms with van der Waals surface area (Å²) < 4.78 is 1.75. The Balaban J connectivity index is 1.98. The summed E-state index contributed by atoms with van der Waals surface area (Å²) in [5, 5.41) is 5.14. The average Bonchev–Trinajstić information content (AvgIpc) is 2.95. The lowest BCUT2D eigenvalue weighted by Crippen LogP contribution is -1.99. The molecule has 5 nitrogen and oxygen atoms in total. The van der Waals surface area contributed by atoms with E-state index in [0.717, 1.165) is 22.5 Å². The highest BCUT2D eigenvalue weighted by molar-refractivity contribution is 6.30. The van der Waals surface area contributed by atoms with Crippen LogP contribution >= 0.6 is 11.6 Å². The molecule has 0 saturated carbocycles. The van der Waals surface area contributed by atoms with E-state index in [-0.39, 0.29) is 0 Å². The second-order valence-electron chi connectivity index (χ2n) is 5.14. The molecule has 0 spiro atoms. The van der Waals surface area contributed by atoms with E-state index in [2.05, 4.69) is 20.1 Å². The molecule has 0 saturated heterocycles. The molecule has 3 aromatic heterocycles. The fraction of sp³-hybridized carbons (Fsp3) is 0.0588. The number of aromatic nitrogens is 5. The van der Waals surface area contributed by atoms with Crippen molar-refractivity contribution in [3.63, 3.8) is 0 Å². The minimum atomic E-state index is 0.571. The predicted octanol–water partition coefficient (Wildman–Crippen LogP) is 3.82. The summed E-state index contributed by atoms with van der Waals surface area (Å²) in [5.41, 5.74) is 3.73. The smallest absolute Gasteiger partial charge is 0.253 e. The second-order valence-corrected chi connectivity index (χ2v) is 5.58. The molecule has 0 unspecified atom stereocenters. The number of benzene rings is 1. The molecule has 0 aliphatic heterocycles. The molecule has 0 bridgehead atoms. The van der Waals surface area contributed by atoms with Crippen LogP contribution in [0.25, 0.3) is 28.3 Å². The van der Waals surface area contributed by atoms with Crippen molar-refractivity contribution in [1.29, 1.82) is 0 Å². The molecular weight excluding hydrogens is 310 g/mol. The van der Waals surface area contributed by atoms with Gasteiger partial charge in [0.05, 0.1) is 11.4 Å². The van der Waals surface area contributed by atoms with Crippen LogP contribution in [0.1, 0.15) is 5.82 Å². The molecule has 1 aromatic carbocycles. The molecule has 0 amide bonds. The standard InChI is InChI=1S/C17H12ClN5/c1-11-20-17-21-15(12-2-4-14(18)5-3-12)10-16(23(17)22-11)13-6-8-19-9-7-13/h2-10H,1H3. The molecule has 0 radical (unpaired) electrons. The maximum Gasteiger partial charge on any atom is 0.253 e. The maximum absolute atomic E-state index is 5.97. The van der Waals surface area contributed by atoms with E-state index < -0.39 is 0 Å². The molecule has 0 aliphatic carbocycles. The Bertz CT molecular complexity index is 977. The minimum Gasteiger partial charge on any atom is -0.265 e. The van der Waals surface area contributed by atoms with E-state index in [1.807, 2.05) is 49.4 Å². The zero-order valence-corrected chi connectivity index (χ0v) is 13.1. The van der Waals surface area contributed by atoms with Gasteiger partial charge in [0.2, 0.25) is 0 Å². The lowest BCUT2D eigenvalue weighted by Gasteiger charge is -2.07.